The third-order valence-corrected chi connectivity index (χ3v) is 6.58. The van der Waals surface area contributed by atoms with Crippen molar-refractivity contribution in [1.29, 1.82) is 0 Å². The summed E-state index contributed by atoms with van der Waals surface area (Å²) in [5, 5.41) is 13.0. The first-order valence-corrected chi connectivity index (χ1v) is 10.9. The number of likely N-dealkylation sites (tertiary alicyclic amines) is 1. The molecule has 2 heterocycles. The summed E-state index contributed by atoms with van der Waals surface area (Å²) in [6, 6.07) is 8.96. The maximum atomic E-state index is 13.1. The number of hydrogen-bond acceptors (Lipinski definition) is 4. The van der Waals surface area contributed by atoms with Gasteiger partial charge in [0.05, 0.1) is 15.4 Å². The first kappa shape index (κ1) is 22.0. The molecule has 1 aromatic carbocycles. The summed E-state index contributed by atoms with van der Waals surface area (Å²) in [5.41, 5.74) is 1.54. The number of carbonyl (C=O) groups excluding carboxylic acids is 2. The molecule has 0 radical (unpaired) electrons. The third-order valence-electron chi connectivity index (χ3n) is 5.44. The molecule has 0 saturated carbocycles. The summed E-state index contributed by atoms with van der Waals surface area (Å²) in [7, 11) is 0. The highest BCUT2D eigenvalue weighted by Crippen LogP contribution is 2.33. The van der Waals surface area contributed by atoms with Gasteiger partial charge >= 0.3 is 5.97 Å². The van der Waals surface area contributed by atoms with E-state index in [0.717, 1.165) is 24.0 Å². The lowest BCUT2D eigenvalue weighted by molar-refractivity contribution is -0.123. The second kappa shape index (κ2) is 8.60. The molecule has 0 aliphatic carbocycles. The fraction of sp³-hybridized carbons (Fsp3) is 0.435. The van der Waals surface area contributed by atoms with Gasteiger partial charge in [-0.3, -0.25) is 9.59 Å². The Morgan fingerprint density at radius 3 is 2.37 bits per heavy atom. The first-order valence-electron chi connectivity index (χ1n) is 10.1. The molecule has 0 spiro atoms. The van der Waals surface area contributed by atoms with Crippen LogP contribution < -0.4 is 5.32 Å². The Morgan fingerprint density at radius 2 is 1.77 bits per heavy atom. The Balaban J connectivity index is 1.68. The summed E-state index contributed by atoms with van der Waals surface area (Å²) >= 11 is 1.31. The van der Waals surface area contributed by atoms with E-state index in [1.807, 2.05) is 50.8 Å². The number of nitrogens with one attached hydrogen (secondary N) is 1. The van der Waals surface area contributed by atoms with E-state index in [1.54, 1.807) is 12.1 Å². The fourth-order valence-electron chi connectivity index (χ4n) is 3.64. The van der Waals surface area contributed by atoms with Crippen molar-refractivity contribution < 1.29 is 19.5 Å². The number of hydrogen-bond donors (Lipinski definition) is 2. The van der Waals surface area contributed by atoms with E-state index in [9.17, 15) is 19.5 Å². The van der Waals surface area contributed by atoms with Gasteiger partial charge in [-0.25, -0.2) is 4.79 Å². The molecular weight excluding hydrogens is 400 g/mol. The van der Waals surface area contributed by atoms with Crippen LogP contribution in [-0.2, 0) is 4.79 Å². The van der Waals surface area contributed by atoms with Gasteiger partial charge in [0, 0.05) is 18.5 Å². The fourth-order valence-corrected chi connectivity index (χ4v) is 4.68. The van der Waals surface area contributed by atoms with Gasteiger partial charge in [0.1, 0.15) is 0 Å². The van der Waals surface area contributed by atoms with Gasteiger partial charge in [-0.1, -0.05) is 39.0 Å². The van der Waals surface area contributed by atoms with Gasteiger partial charge in [-0.2, -0.15) is 0 Å². The molecule has 3 rings (SSSR count). The molecule has 160 valence electrons. The maximum Gasteiger partial charge on any atom is 0.335 e. The van der Waals surface area contributed by atoms with Crippen LogP contribution >= 0.6 is 11.3 Å². The van der Waals surface area contributed by atoms with Crippen LogP contribution in [0.4, 0.5) is 5.00 Å². The summed E-state index contributed by atoms with van der Waals surface area (Å²) < 4.78 is 0. The number of aryl methyl sites for hydroxylation is 1. The van der Waals surface area contributed by atoms with Gasteiger partial charge < -0.3 is 15.3 Å². The minimum Gasteiger partial charge on any atom is -0.478 e. The molecule has 2 aromatic rings. The van der Waals surface area contributed by atoms with E-state index in [0.29, 0.717) is 28.5 Å². The highest BCUT2D eigenvalue weighted by Gasteiger charge is 2.29. The van der Waals surface area contributed by atoms with Crippen molar-refractivity contribution in [3.63, 3.8) is 0 Å². The third kappa shape index (κ3) is 4.73. The molecule has 0 unspecified atom stereocenters. The van der Waals surface area contributed by atoms with Gasteiger partial charge in [-0.05, 0) is 48.9 Å². The second-order valence-corrected chi connectivity index (χ2v) is 9.84. The zero-order valence-corrected chi connectivity index (χ0v) is 18.6. The second-order valence-electron chi connectivity index (χ2n) is 8.79. The Hall–Kier alpha value is -2.67. The number of piperidine rings is 1. The van der Waals surface area contributed by atoms with E-state index >= 15 is 0 Å². The molecule has 1 aliphatic rings. The molecule has 1 aromatic heterocycles. The van der Waals surface area contributed by atoms with Gasteiger partial charge in [0.15, 0.2) is 0 Å². The zero-order valence-electron chi connectivity index (χ0n) is 17.8. The van der Waals surface area contributed by atoms with Crippen molar-refractivity contribution in [2.24, 2.45) is 5.41 Å². The van der Waals surface area contributed by atoms with Crippen LogP contribution in [0.15, 0.2) is 30.3 Å². The summed E-state index contributed by atoms with van der Waals surface area (Å²) in [5.74, 6) is -0.894. The molecule has 1 fully saturated rings. The van der Waals surface area contributed by atoms with Crippen molar-refractivity contribution in [2.75, 3.05) is 18.4 Å². The van der Waals surface area contributed by atoms with Crippen molar-refractivity contribution in [3.05, 3.63) is 51.9 Å². The minimum atomic E-state index is -0.914. The SMILES string of the molecule is Cc1cc(NC(=O)C(C)(C)C)sc1C(=O)N1CCC(c2ccccc2C(=O)O)CC1. The lowest BCUT2D eigenvalue weighted by Crippen LogP contribution is -2.38. The molecule has 2 N–H and O–H groups in total. The lowest BCUT2D eigenvalue weighted by atomic mass is 9.86. The van der Waals surface area contributed by atoms with Gasteiger partial charge in [-0.15, -0.1) is 11.3 Å². The number of benzene rings is 1. The number of carboxylic acids is 1. The number of nitrogens with zero attached hydrogens (tertiary/aromatic N) is 1. The molecule has 2 amide bonds. The van der Waals surface area contributed by atoms with E-state index in [4.69, 9.17) is 0 Å². The Kier molecular flexibility index (Phi) is 6.31. The van der Waals surface area contributed by atoms with Crippen molar-refractivity contribution >= 4 is 34.1 Å². The molecule has 1 aliphatic heterocycles. The smallest absolute Gasteiger partial charge is 0.335 e. The average molecular weight is 429 g/mol. The van der Waals surface area contributed by atoms with Crippen molar-refractivity contribution in [2.45, 2.75) is 46.5 Å². The number of amides is 2. The molecule has 1 saturated heterocycles. The summed E-state index contributed by atoms with van der Waals surface area (Å²) in [6.45, 7) is 8.59. The van der Waals surface area contributed by atoms with Gasteiger partial charge in [0.2, 0.25) is 5.91 Å². The Morgan fingerprint density at radius 1 is 1.13 bits per heavy atom. The summed E-state index contributed by atoms with van der Waals surface area (Å²) in [4.78, 5) is 39.3. The molecule has 30 heavy (non-hydrogen) atoms. The van der Waals surface area contributed by atoms with E-state index in [1.165, 1.54) is 11.3 Å². The quantitative estimate of drug-likeness (QED) is 0.735. The van der Waals surface area contributed by atoms with Crippen LogP contribution in [-0.4, -0.2) is 40.9 Å². The minimum absolute atomic E-state index is 0.0290. The van der Waals surface area contributed by atoms with Crippen LogP contribution in [0.5, 0.6) is 0 Å². The highest BCUT2D eigenvalue weighted by molar-refractivity contribution is 7.18. The van der Waals surface area contributed by atoms with Crippen LogP contribution in [0.2, 0.25) is 0 Å². The van der Waals surface area contributed by atoms with Gasteiger partial charge in [0.25, 0.3) is 5.91 Å². The Labute approximate surface area is 180 Å². The standard InChI is InChI=1S/C23H28N2O4S/c1-14-13-18(24-22(29)23(2,3)4)30-19(14)20(26)25-11-9-15(10-12-25)16-7-5-6-8-17(16)21(27)28/h5-8,13,15H,9-12H2,1-4H3,(H,24,29)(H,27,28). The van der Waals surface area contributed by atoms with E-state index in [-0.39, 0.29) is 17.7 Å². The molecule has 7 heteroatoms. The summed E-state index contributed by atoms with van der Waals surface area (Å²) in [6.07, 6.45) is 1.46. The van der Waals surface area contributed by atoms with E-state index < -0.39 is 11.4 Å². The Bertz CT molecular complexity index is 966. The lowest BCUT2D eigenvalue weighted by Gasteiger charge is -2.32. The number of carboxylic acid groups (broad SMARTS) is 1. The highest BCUT2D eigenvalue weighted by atomic mass is 32.1. The number of rotatable bonds is 4. The van der Waals surface area contributed by atoms with Crippen LogP contribution in [0.25, 0.3) is 0 Å². The number of thiophene rings is 1. The predicted molar refractivity (Wildman–Crippen MR) is 118 cm³/mol. The molecule has 0 atom stereocenters. The maximum absolute atomic E-state index is 13.1. The largest absolute Gasteiger partial charge is 0.478 e. The van der Waals surface area contributed by atoms with Crippen molar-refractivity contribution in [3.8, 4) is 0 Å². The number of carbonyl (C=O) groups is 3. The predicted octanol–water partition coefficient (Wildman–Crippen LogP) is 4.76. The average Bonchev–Trinajstić information content (AvgIpc) is 3.06. The number of anilines is 1. The molecule has 6 nitrogen and oxygen atoms in total. The van der Waals surface area contributed by atoms with Crippen LogP contribution in [0.3, 0.4) is 0 Å². The monoisotopic (exact) mass is 428 g/mol. The van der Waals surface area contributed by atoms with Crippen LogP contribution in [0, 0.1) is 12.3 Å². The zero-order chi connectivity index (χ0) is 22.1. The van der Waals surface area contributed by atoms with Crippen molar-refractivity contribution in [1.82, 2.24) is 4.90 Å². The normalized spacial score (nSPS) is 15.1. The number of aromatic carboxylic acids is 1. The van der Waals surface area contributed by atoms with E-state index in [2.05, 4.69) is 5.32 Å². The first-order chi connectivity index (χ1) is 14.1. The van der Waals surface area contributed by atoms with Crippen LogP contribution in [0.1, 0.15) is 70.7 Å². The topological polar surface area (TPSA) is 86.7 Å². The molecular formula is C23H28N2O4S. The molecule has 0 bridgehead atoms.